The van der Waals surface area contributed by atoms with E-state index in [9.17, 15) is 0 Å². The van der Waals surface area contributed by atoms with Crippen LogP contribution in [-0.2, 0) is 0 Å². The lowest BCUT2D eigenvalue weighted by molar-refractivity contribution is 1.18. The van der Waals surface area contributed by atoms with Gasteiger partial charge in [-0.1, -0.05) is 164 Å². The van der Waals surface area contributed by atoms with Crippen molar-refractivity contribution in [3.8, 4) is 33.6 Å². The molecule has 5 heteroatoms. The monoisotopic (exact) mass is 937 g/mol. The number of pyridine rings is 1. The lowest BCUT2D eigenvalue weighted by atomic mass is 9.98. The molecule has 0 saturated carbocycles. The molecule has 7 heterocycles. The number of hydrogen-bond donors (Lipinski definition) is 0. The Labute approximate surface area is 421 Å². The van der Waals surface area contributed by atoms with E-state index in [-0.39, 0.29) is 0 Å². The van der Waals surface area contributed by atoms with Crippen LogP contribution < -0.4 is 0 Å². The Kier molecular flexibility index (Phi) is 7.28. The van der Waals surface area contributed by atoms with Crippen LogP contribution in [0.2, 0.25) is 0 Å². The molecule has 0 saturated heterocycles. The van der Waals surface area contributed by atoms with Gasteiger partial charge in [-0.3, -0.25) is 4.40 Å². The molecule has 340 valence electrons. The van der Waals surface area contributed by atoms with Crippen molar-refractivity contribution in [3.63, 3.8) is 0 Å². The van der Waals surface area contributed by atoms with Crippen molar-refractivity contribution >= 4 is 131 Å². The van der Waals surface area contributed by atoms with Crippen LogP contribution in [-0.4, -0.2) is 22.9 Å². The van der Waals surface area contributed by atoms with Crippen LogP contribution in [0.5, 0.6) is 0 Å². The highest BCUT2D eigenvalue weighted by atomic mass is 15.0. The summed E-state index contributed by atoms with van der Waals surface area (Å²) in [4.78, 5) is 5.97. The first kappa shape index (κ1) is 38.7. The van der Waals surface area contributed by atoms with E-state index in [1.54, 1.807) is 0 Å². The molecule has 0 amide bonds. The Morgan fingerprint density at radius 3 is 1.36 bits per heavy atom. The lowest BCUT2D eigenvalue weighted by Gasteiger charge is -2.10. The van der Waals surface area contributed by atoms with Gasteiger partial charge in [0, 0.05) is 81.8 Å². The molecule has 18 aromatic rings. The first-order valence-electron chi connectivity index (χ1n) is 25.5. The molecule has 0 radical (unpaired) electrons. The number of fused-ring (bicyclic) bond motifs is 20. The molecule has 7 aromatic heterocycles. The molecule has 0 aliphatic carbocycles. The van der Waals surface area contributed by atoms with Gasteiger partial charge in [-0.25, -0.2) is 4.98 Å². The fourth-order valence-electron chi connectivity index (χ4n) is 13.6. The molecule has 11 aromatic carbocycles. The number of hydrogen-bond acceptors (Lipinski definition) is 1. The predicted octanol–water partition coefficient (Wildman–Crippen LogP) is 18.1. The third kappa shape index (κ3) is 4.82. The molecular formula is C69H39N5. The minimum atomic E-state index is 0.982. The fourth-order valence-corrected chi connectivity index (χ4v) is 13.6. The smallest absolute Gasteiger partial charge is 0.146 e. The summed E-state index contributed by atoms with van der Waals surface area (Å²) in [6.45, 7) is 0. The van der Waals surface area contributed by atoms with Crippen molar-refractivity contribution in [2.24, 2.45) is 0 Å². The maximum Gasteiger partial charge on any atom is 0.146 e. The summed E-state index contributed by atoms with van der Waals surface area (Å²) in [7, 11) is 0. The maximum absolute atomic E-state index is 5.97. The zero-order chi connectivity index (χ0) is 47.9. The van der Waals surface area contributed by atoms with Gasteiger partial charge in [0.05, 0.1) is 55.2 Å². The van der Waals surface area contributed by atoms with E-state index in [0.717, 1.165) is 33.4 Å². The molecule has 18 rings (SSSR count). The van der Waals surface area contributed by atoms with E-state index in [1.165, 1.54) is 131 Å². The first-order valence-corrected chi connectivity index (χ1v) is 25.5. The highest BCUT2D eigenvalue weighted by Crippen LogP contribution is 2.49. The molecule has 0 bridgehead atoms. The Morgan fingerprint density at radius 1 is 0.270 bits per heavy atom. The lowest BCUT2D eigenvalue weighted by Crippen LogP contribution is -1.93. The van der Waals surface area contributed by atoms with Gasteiger partial charge in [-0.2, -0.15) is 0 Å². The average Bonchev–Trinajstić information content (AvgIpc) is 4.32. The van der Waals surface area contributed by atoms with E-state index in [4.69, 9.17) is 4.98 Å². The fraction of sp³-hybridized carbons (Fsp3) is 0. The molecule has 0 N–H and O–H groups in total. The van der Waals surface area contributed by atoms with Crippen molar-refractivity contribution in [1.29, 1.82) is 0 Å². The number of aromatic nitrogens is 5. The summed E-state index contributed by atoms with van der Waals surface area (Å²) in [5.41, 5.74) is 19.8. The van der Waals surface area contributed by atoms with Gasteiger partial charge in [0.1, 0.15) is 5.65 Å². The predicted molar refractivity (Wildman–Crippen MR) is 311 cm³/mol. The maximum atomic E-state index is 5.97. The van der Waals surface area contributed by atoms with Crippen molar-refractivity contribution in [2.75, 3.05) is 0 Å². The Morgan fingerprint density at radius 2 is 0.743 bits per heavy atom. The molecule has 0 atom stereocenters. The third-order valence-electron chi connectivity index (χ3n) is 16.6. The first-order chi connectivity index (χ1) is 36.7. The van der Waals surface area contributed by atoms with Gasteiger partial charge in [0.2, 0.25) is 0 Å². The van der Waals surface area contributed by atoms with Crippen molar-refractivity contribution in [1.82, 2.24) is 22.9 Å². The standard InChI is InChI=1S/C69H39N5/c1-3-17-43(18-4-1)71-58-30-11-9-22-48(58)54-36-41(32-34-60(54)71)46-24-14-28-52-56-38-40-16-7-8-21-45(40)63-64-62(73(65(46)52)68(56)63)39-57-53-29-15-27-51-50-26-13-25-47(66(50)74(67(51)53)69(57)70-64)42-33-35-61-55(37-42)49-23-10-12-31-59(49)72(61)44-19-5-2-6-20-44/h1-39H. The van der Waals surface area contributed by atoms with Gasteiger partial charge >= 0.3 is 0 Å². The van der Waals surface area contributed by atoms with E-state index in [0.29, 0.717) is 0 Å². The molecule has 0 unspecified atom stereocenters. The zero-order valence-corrected chi connectivity index (χ0v) is 39.8. The SMILES string of the molecule is c1ccc(-n2c3ccccc3c3cc(-c4cccc5c6cc7ccccc7c7c8nc9c(cc8n(c45)c67)c4cccc5c6cccc(-c7ccc8c(c7)c7ccccc7n8-c7ccccc7)c6n9c45)ccc32)cc1. The largest absolute Gasteiger partial charge is 0.309 e. The van der Waals surface area contributed by atoms with Crippen LogP contribution in [0, 0.1) is 0 Å². The van der Waals surface area contributed by atoms with Crippen LogP contribution in [0.15, 0.2) is 237 Å². The second-order valence-electron chi connectivity index (χ2n) is 20.2. The summed E-state index contributed by atoms with van der Waals surface area (Å²) >= 11 is 0. The van der Waals surface area contributed by atoms with Crippen LogP contribution in [0.3, 0.4) is 0 Å². The third-order valence-corrected chi connectivity index (χ3v) is 16.6. The summed E-state index contributed by atoms with van der Waals surface area (Å²) < 4.78 is 9.83. The Bertz CT molecular complexity index is 5420. The highest BCUT2D eigenvalue weighted by Gasteiger charge is 2.27. The normalized spacial score (nSPS) is 12.6. The molecule has 0 spiro atoms. The minimum absolute atomic E-state index is 0.982. The number of nitrogens with zero attached hydrogens (tertiary/aromatic N) is 5. The Hall–Kier alpha value is -9.97. The van der Waals surface area contributed by atoms with Crippen molar-refractivity contribution < 1.29 is 0 Å². The van der Waals surface area contributed by atoms with E-state index in [2.05, 4.69) is 255 Å². The highest BCUT2D eigenvalue weighted by molar-refractivity contribution is 6.34. The van der Waals surface area contributed by atoms with E-state index >= 15 is 0 Å². The number of rotatable bonds is 4. The second kappa shape index (κ2) is 13.9. The van der Waals surface area contributed by atoms with Gasteiger partial charge in [0.25, 0.3) is 0 Å². The summed E-state index contributed by atoms with van der Waals surface area (Å²) in [5.74, 6) is 0. The summed E-state index contributed by atoms with van der Waals surface area (Å²) in [6, 6.07) is 87.4. The average molecular weight is 938 g/mol. The van der Waals surface area contributed by atoms with Gasteiger partial charge in [-0.05, 0) is 94.7 Å². The number of para-hydroxylation sites is 7. The second-order valence-corrected chi connectivity index (χ2v) is 20.2. The Balaban J connectivity index is 0.932. The van der Waals surface area contributed by atoms with Crippen LogP contribution in [0.1, 0.15) is 0 Å². The van der Waals surface area contributed by atoms with E-state index in [1.807, 2.05) is 0 Å². The molecule has 74 heavy (non-hydrogen) atoms. The molecule has 0 aliphatic rings. The van der Waals surface area contributed by atoms with Crippen molar-refractivity contribution in [2.45, 2.75) is 0 Å². The quantitative estimate of drug-likeness (QED) is 0.173. The van der Waals surface area contributed by atoms with Crippen LogP contribution >= 0.6 is 0 Å². The van der Waals surface area contributed by atoms with E-state index < -0.39 is 0 Å². The topological polar surface area (TPSA) is 31.6 Å². The van der Waals surface area contributed by atoms with Crippen LogP contribution in [0.4, 0.5) is 0 Å². The van der Waals surface area contributed by atoms with Gasteiger partial charge in [0.15, 0.2) is 0 Å². The minimum Gasteiger partial charge on any atom is -0.309 e. The molecule has 0 aliphatic heterocycles. The molecule has 5 nitrogen and oxygen atoms in total. The zero-order valence-electron chi connectivity index (χ0n) is 39.8. The molecular weight excluding hydrogens is 899 g/mol. The van der Waals surface area contributed by atoms with Gasteiger partial charge < -0.3 is 13.5 Å². The van der Waals surface area contributed by atoms with Gasteiger partial charge in [-0.15, -0.1) is 0 Å². The van der Waals surface area contributed by atoms with Crippen LogP contribution in [0.25, 0.3) is 164 Å². The summed E-state index contributed by atoms with van der Waals surface area (Å²) in [5, 5.41) is 15.9. The molecule has 0 fully saturated rings. The van der Waals surface area contributed by atoms with Crippen molar-refractivity contribution in [3.05, 3.63) is 237 Å². The summed E-state index contributed by atoms with van der Waals surface area (Å²) in [6.07, 6.45) is 0. The number of benzene rings is 11.